The number of hydrogen-bond donors (Lipinski definition) is 2. The van der Waals surface area contributed by atoms with Crippen LogP contribution in [0.15, 0.2) is 23.6 Å². The molecule has 11 atom stereocenters. The second-order valence-corrected chi connectivity index (χ2v) is 13.2. The van der Waals surface area contributed by atoms with Crippen LogP contribution >= 0.6 is 0 Å². The molecule has 2 bridgehead atoms. The van der Waals surface area contributed by atoms with E-state index in [1.165, 1.54) is 19.1 Å². The summed E-state index contributed by atoms with van der Waals surface area (Å²) in [6.45, 7) is 4.77. The number of carbonyl (C=O) groups excluding carboxylic acids is 2. The monoisotopic (exact) mass is 534 g/mol. The molecule has 0 aromatic heterocycles. The Morgan fingerprint density at radius 3 is 2.50 bits per heavy atom. The topological polar surface area (TPSA) is 110 Å². The summed E-state index contributed by atoms with van der Waals surface area (Å²) in [6, 6.07) is 0. The van der Waals surface area contributed by atoms with Crippen LogP contribution in [-0.4, -0.2) is 51.6 Å². The number of rotatable bonds is 3. The van der Waals surface area contributed by atoms with Crippen molar-refractivity contribution in [3.05, 3.63) is 23.6 Å². The van der Waals surface area contributed by atoms with Gasteiger partial charge in [-0.15, -0.1) is 0 Å². The third-order valence-corrected chi connectivity index (χ3v) is 11.7. The lowest BCUT2D eigenvalue weighted by molar-refractivity contribution is -0.227. The lowest BCUT2D eigenvalue weighted by atomic mass is 9.45. The Morgan fingerprint density at radius 2 is 1.87 bits per heavy atom. The van der Waals surface area contributed by atoms with E-state index in [2.05, 4.69) is 0 Å². The van der Waals surface area contributed by atoms with E-state index in [-0.39, 0.29) is 49.1 Å². The maximum atomic E-state index is 17.3. The Hall–Kier alpha value is -2.29. The van der Waals surface area contributed by atoms with Gasteiger partial charge in [0.05, 0.1) is 6.10 Å². The molecule has 6 aliphatic rings. The van der Waals surface area contributed by atoms with Crippen molar-refractivity contribution in [2.75, 3.05) is 0 Å². The van der Waals surface area contributed by atoms with Gasteiger partial charge in [-0.05, 0) is 74.9 Å². The molecule has 9 heteroatoms. The maximum Gasteiger partial charge on any atom is 0.509 e. The Bertz CT molecular complexity index is 1170. The van der Waals surface area contributed by atoms with E-state index in [0.717, 1.165) is 25.7 Å². The standard InChI is InChI=1S/C29H36F2O7/c1-14-8-18-19-12-21(30)20-11-17(32)6-7-26(20,2)28(19,31)23(33)13-27(18,3)29(14,24(34)35)38-25(36)37-22-10-15-4-5-16(22)9-15/h6-7,14-16,18-19,22-23,33H,4-5,8-13H2,1-3H3,(H,34,35)/t14-,15-,16+,18+,19+,22-,23+,26+,27+,28+,29+/m1/s1. The Morgan fingerprint density at radius 1 is 1.13 bits per heavy atom. The van der Waals surface area contributed by atoms with Crippen molar-refractivity contribution in [2.45, 2.75) is 95.6 Å². The summed E-state index contributed by atoms with van der Waals surface area (Å²) in [5, 5.41) is 22.0. The zero-order valence-corrected chi connectivity index (χ0v) is 22.0. The van der Waals surface area contributed by atoms with Gasteiger partial charge in [0.2, 0.25) is 5.60 Å². The van der Waals surface area contributed by atoms with Crippen LogP contribution in [0.4, 0.5) is 13.6 Å². The van der Waals surface area contributed by atoms with Gasteiger partial charge in [0.25, 0.3) is 0 Å². The summed E-state index contributed by atoms with van der Waals surface area (Å²) in [6.07, 6.45) is 2.65. The third kappa shape index (κ3) is 3.05. The summed E-state index contributed by atoms with van der Waals surface area (Å²) in [5.41, 5.74) is -7.28. The summed E-state index contributed by atoms with van der Waals surface area (Å²) in [7, 11) is 0. The largest absolute Gasteiger partial charge is 0.509 e. The smallest absolute Gasteiger partial charge is 0.478 e. The van der Waals surface area contributed by atoms with Crippen LogP contribution in [0.2, 0.25) is 0 Å². The van der Waals surface area contributed by atoms with Crippen molar-refractivity contribution in [1.29, 1.82) is 0 Å². The van der Waals surface area contributed by atoms with Gasteiger partial charge >= 0.3 is 12.1 Å². The molecule has 0 saturated heterocycles. The number of carboxylic acids is 1. The number of carboxylic acid groups (broad SMARTS) is 1. The highest BCUT2D eigenvalue weighted by Crippen LogP contribution is 2.71. The van der Waals surface area contributed by atoms with Crippen LogP contribution < -0.4 is 0 Å². The number of fused-ring (bicyclic) bond motifs is 7. The van der Waals surface area contributed by atoms with Crippen LogP contribution in [0, 0.1) is 40.4 Å². The van der Waals surface area contributed by atoms with Crippen LogP contribution in [0.25, 0.3) is 0 Å². The van der Waals surface area contributed by atoms with Gasteiger partial charge in [-0.3, -0.25) is 4.79 Å². The van der Waals surface area contributed by atoms with E-state index >= 15 is 8.78 Å². The van der Waals surface area contributed by atoms with E-state index in [0.29, 0.717) is 5.92 Å². The first kappa shape index (κ1) is 26.0. The van der Waals surface area contributed by atoms with Crippen molar-refractivity contribution < 1.29 is 42.9 Å². The van der Waals surface area contributed by atoms with Crippen molar-refractivity contribution >= 4 is 17.9 Å². The Balaban J connectivity index is 1.36. The quantitative estimate of drug-likeness (QED) is 0.487. The zero-order valence-electron chi connectivity index (χ0n) is 22.0. The number of ether oxygens (including phenoxy) is 2. The fourth-order valence-electron chi connectivity index (χ4n) is 9.82. The van der Waals surface area contributed by atoms with Crippen LogP contribution in [0.1, 0.15) is 72.1 Å². The number of aliphatic hydroxyl groups excluding tert-OH is 1. The highest BCUT2D eigenvalue weighted by molar-refractivity contribution is 5.93. The summed E-state index contributed by atoms with van der Waals surface area (Å²) in [4.78, 5) is 38.2. The van der Waals surface area contributed by atoms with Crippen molar-refractivity contribution in [2.24, 2.45) is 40.4 Å². The molecule has 0 spiro atoms. The highest BCUT2D eigenvalue weighted by atomic mass is 19.1. The second-order valence-electron chi connectivity index (χ2n) is 13.2. The van der Waals surface area contributed by atoms with E-state index in [9.17, 15) is 24.6 Å². The van der Waals surface area contributed by atoms with Crippen molar-refractivity contribution in [3.8, 4) is 0 Å². The fourth-order valence-corrected chi connectivity index (χ4v) is 9.82. The maximum absolute atomic E-state index is 17.3. The Kier molecular flexibility index (Phi) is 5.54. The van der Waals surface area contributed by atoms with Gasteiger partial charge in [0.15, 0.2) is 11.5 Å². The first-order chi connectivity index (χ1) is 17.8. The van der Waals surface area contributed by atoms with Crippen LogP contribution in [-0.2, 0) is 19.1 Å². The van der Waals surface area contributed by atoms with Gasteiger partial charge in [-0.2, -0.15) is 0 Å². The van der Waals surface area contributed by atoms with Gasteiger partial charge < -0.3 is 19.7 Å². The molecule has 38 heavy (non-hydrogen) atoms. The molecular formula is C29H36F2O7. The zero-order chi connectivity index (χ0) is 27.4. The second kappa shape index (κ2) is 8.12. The SMILES string of the molecule is C[C@@H]1C[C@H]2[C@@H]3CC(F)=C4CC(=O)C=C[C@]4(C)[C@@]3(F)[C@@H](O)C[C@]2(C)[C@@]1(OC(=O)O[C@@H]1C[C@@H]2CC[C@H]1C2)C(=O)O. The average molecular weight is 535 g/mol. The number of aliphatic hydroxyl groups is 1. The molecule has 2 N–H and O–H groups in total. The molecular weight excluding hydrogens is 498 g/mol. The normalized spacial score (nSPS) is 50.9. The summed E-state index contributed by atoms with van der Waals surface area (Å²) in [5.74, 6) is -4.03. The first-order valence-corrected chi connectivity index (χ1v) is 13.9. The molecule has 4 fully saturated rings. The Labute approximate surface area is 220 Å². The van der Waals surface area contributed by atoms with E-state index in [1.807, 2.05) is 0 Å². The first-order valence-electron chi connectivity index (χ1n) is 13.9. The van der Waals surface area contributed by atoms with E-state index in [4.69, 9.17) is 9.47 Å². The van der Waals surface area contributed by atoms with Gasteiger partial charge in [-0.25, -0.2) is 18.4 Å². The van der Waals surface area contributed by atoms with Crippen LogP contribution in [0.5, 0.6) is 0 Å². The number of halogens is 2. The summed E-state index contributed by atoms with van der Waals surface area (Å²) < 4.78 is 44.4. The molecule has 0 aliphatic heterocycles. The minimum Gasteiger partial charge on any atom is -0.478 e. The molecule has 0 heterocycles. The van der Waals surface area contributed by atoms with Gasteiger partial charge in [0.1, 0.15) is 11.9 Å². The fraction of sp³-hybridized carbons (Fsp3) is 0.759. The van der Waals surface area contributed by atoms with Crippen molar-refractivity contribution in [1.82, 2.24) is 0 Å². The minimum atomic E-state index is -2.32. The molecule has 0 unspecified atom stereocenters. The van der Waals surface area contributed by atoms with Gasteiger partial charge in [-0.1, -0.05) is 19.9 Å². The molecule has 6 rings (SSSR count). The average Bonchev–Trinajstić information content (AvgIpc) is 3.51. The summed E-state index contributed by atoms with van der Waals surface area (Å²) >= 11 is 0. The lowest BCUT2D eigenvalue weighted by Crippen LogP contribution is -2.69. The number of ketones is 1. The lowest BCUT2D eigenvalue weighted by Gasteiger charge is -2.61. The van der Waals surface area contributed by atoms with Crippen LogP contribution in [0.3, 0.4) is 0 Å². The molecule has 6 aliphatic carbocycles. The molecule has 0 amide bonds. The highest BCUT2D eigenvalue weighted by Gasteiger charge is 2.78. The van der Waals surface area contributed by atoms with E-state index in [1.54, 1.807) is 13.8 Å². The predicted octanol–water partition coefficient (Wildman–Crippen LogP) is 5.07. The molecule has 4 saturated carbocycles. The molecule has 208 valence electrons. The number of alkyl halides is 1. The van der Waals surface area contributed by atoms with E-state index < -0.39 is 63.9 Å². The molecule has 0 radical (unpaired) electrons. The van der Waals surface area contributed by atoms with Crippen molar-refractivity contribution in [3.63, 3.8) is 0 Å². The molecule has 0 aromatic rings. The molecule has 0 aromatic carbocycles. The number of allylic oxidation sites excluding steroid dienone is 4. The predicted molar refractivity (Wildman–Crippen MR) is 130 cm³/mol. The molecule has 7 nitrogen and oxygen atoms in total. The minimum absolute atomic E-state index is 0.0487. The number of aliphatic carboxylic acids is 1. The third-order valence-electron chi connectivity index (χ3n) is 11.7. The van der Waals surface area contributed by atoms with Gasteiger partial charge in [0, 0.05) is 35.5 Å². The number of carbonyl (C=O) groups is 3. The number of hydrogen-bond acceptors (Lipinski definition) is 6.